The van der Waals surface area contributed by atoms with Crippen molar-refractivity contribution in [1.29, 1.82) is 0 Å². The Morgan fingerprint density at radius 1 is 1.58 bits per heavy atom. The molecule has 0 aliphatic carbocycles. The average molecular weight is 165 g/mol. The second-order valence-electron chi connectivity index (χ2n) is 2.19. The predicted molar refractivity (Wildman–Crippen MR) is 43.1 cm³/mol. The lowest BCUT2D eigenvalue weighted by molar-refractivity contribution is -0.131. The largest absolute Gasteiger partial charge is 0.497 e. The van der Waals surface area contributed by atoms with E-state index in [2.05, 4.69) is 6.07 Å². The molecular formula is C9H9O3. The molecule has 1 aromatic rings. The van der Waals surface area contributed by atoms with E-state index in [4.69, 9.17) is 9.47 Å². The molecule has 0 N–H and O–H groups in total. The molecule has 1 radical (unpaired) electrons. The van der Waals surface area contributed by atoms with Gasteiger partial charge in [-0.1, -0.05) is 0 Å². The molecule has 0 heterocycles. The number of ether oxygens (including phenoxy) is 2. The zero-order chi connectivity index (χ0) is 8.97. The van der Waals surface area contributed by atoms with Gasteiger partial charge in [0.1, 0.15) is 11.5 Å². The van der Waals surface area contributed by atoms with Gasteiger partial charge >= 0.3 is 5.97 Å². The molecule has 0 bridgehead atoms. The SMILES string of the molecule is COc1cc[c]c(OC(C)=O)c1. The Bertz CT molecular complexity index is 281. The summed E-state index contributed by atoms with van der Waals surface area (Å²) in [6, 6.07) is 7.72. The van der Waals surface area contributed by atoms with Crippen molar-refractivity contribution in [2.75, 3.05) is 7.11 Å². The summed E-state index contributed by atoms with van der Waals surface area (Å²) in [5, 5.41) is 0. The first kappa shape index (κ1) is 8.59. The molecule has 0 spiro atoms. The van der Waals surface area contributed by atoms with Crippen molar-refractivity contribution in [2.24, 2.45) is 0 Å². The summed E-state index contributed by atoms with van der Waals surface area (Å²) in [5.74, 6) is 0.659. The Hall–Kier alpha value is -1.51. The van der Waals surface area contributed by atoms with Crippen LogP contribution >= 0.6 is 0 Å². The summed E-state index contributed by atoms with van der Waals surface area (Å²) in [6.07, 6.45) is 0. The average Bonchev–Trinajstić information content (AvgIpc) is 2.03. The first-order valence-electron chi connectivity index (χ1n) is 3.46. The molecule has 0 saturated carbocycles. The maximum atomic E-state index is 10.5. The molecule has 0 unspecified atom stereocenters. The molecule has 0 amide bonds. The normalized spacial score (nSPS) is 9.17. The van der Waals surface area contributed by atoms with Crippen molar-refractivity contribution in [3.05, 3.63) is 24.3 Å². The number of esters is 1. The molecule has 1 aromatic carbocycles. The molecule has 3 nitrogen and oxygen atoms in total. The van der Waals surface area contributed by atoms with Crippen LogP contribution < -0.4 is 9.47 Å². The van der Waals surface area contributed by atoms with E-state index in [1.165, 1.54) is 6.92 Å². The van der Waals surface area contributed by atoms with Gasteiger partial charge in [0.2, 0.25) is 0 Å². The standard InChI is InChI=1S/C9H9O3/c1-7(10)12-9-5-3-4-8(6-9)11-2/h3-4,6H,1-2H3. The van der Waals surface area contributed by atoms with Crippen LogP contribution in [-0.4, -0.2) is 13.1 Å². The third kappa shape index (κ3) is 2.27. The zero-order valence-corrected chi connectivity index (χ0v) is 6.96. The molecular weight excluding hydrogens is 156 g/mol. The van der Waals surface area contributed by atoms with Crippen LogP contribution in [0.15, 0.2) is 18.2 Å². The van der Waals surface area contributed by atoms with Crippen LogP contribution in [-0.2, 0) is 4.79 Å². The third-order valence-electron chi connectivity index (χ3n) is 1.24. The van der Waals surface area contributed by atoms with Crippen LogP contribution in [0.5, 0.6) is 11.5 Å². The van der Waals surface area contributed by atoms with Gasteiger partial charge in [-0.15, -0.1) is 0 Å². The Labute approximate surface area is 70.9 Å². The highest BCUT2D eigenvalue weighted by Gasteiger charge is 1.98. The lowest BCUT2D eigenvalue weighted by Gasteiger charge is -2.02. The van der Waals surface area contributed by atoms with Crippen LogP contribution in [0.1, 0.15) is 6.92 Å². The first-order chi connectivity index (χ1) is 5.72. The highest BCUT2D eigenvalue weighted by molar-refractivity contribution is 5.69. The lowest BCUT2D eigenvalue weighted by Crippen LogP contribution is -2.01. The van der Waals surface area contributed by atoms with Crippen molar-refractivity contribution in [1.82, 2.24) is 0 Å². The fraction of sp³-hybridized carbons (Fsp3) is 0.222. The summed E-state index contributed by atoms with van der Waals surface area (Å²) in [4.78, 5) is 10.5. The quantitative estimate of drug-likeness (QED) is 0.491. The number of hydrogen-bond donors (Lipinski definition) is 0. The van der Waals surface area contributed by atoms with Gasteiger partial charge in [0.15, 0.2) is 0 Å². The third-order valence-corrected chi connectivity index (χ3v) is 1.24. The van der Waals surface area contributed by atoms with Crippen LogP contribution in [0.3, 0.4) is 0 Å². The summed E-state index contributed by atoms with van der Waals surface area (Å²) in [6.45, 7) is 1.34. The molecule has 0 fully saturated rings. The summed E-state index contributed by atoms with van der Waals surface area (Å²) in [7, 11) is 1.55. The molecule has 1 rings (SSSR count). The minimum absolute atomic E-state index is 0.362. The zero-order valence-electron chi connectivity index (χ0n) is 6.96. The van der Waals surface area contributed by atoms with E-state index in [1.807, 2.05) is 0 Å². The Morgan fingerprint density at radius 2 is 2.33 bits per heavy atom. The van der Waals surface area contributed by atoms with Gasteiger partial charge in [-0.25, -0.2) is 0 Å². The van der Waals surface area contributed by atoms with E-state index in [-0.39, 0.29) is 5.97 Å². The smallest absolute Gasteiger partial charge is 0.308 e. The van der Waals surface area contributed by atoms with E-state index in [0.29, 0.717) is 11.5 Å². The van der Waals surface area contributed by atoms with Crippen LogP contribution in [0.4, 0.5) is 0 Å². The van der Waals surface area contributed by atoms with Gasteiger partial charge in [-0.3, -0.25) is 4.79 Å². The van der Waals surface area contributed by atoms with Crippen molar-refractivity contribution in [2.45, 2.75) is 6.92 Å². The first-order valence-corrected chi connectivity index (χ1v) is 3.46. The van der Waals surface area contributed by atoms with Crippen LogP contribution in [0.2, 0.25) is 0 Å². The summed E-state index contributed by atoms with van der Waals surface area (Å²) in [5.41, 5.74) is 0. The van der Waals surface area contributed by atoms with Crippen molar-refractivity contribution in [3.63, 3.8) is 0 Å². The molecule has 0 atom stereocenters. The van der Waals surface area contributed by atoms with E-state index in [0.717, 1.165) is 0 Å². The second kappa shape index (κ2) is 3.76. The lowest BCUT2D eigenvalue weighted by atomic mass is 10.3. The van der Waals surface area contributed by atoms with Crippen molar-refractivity contribution < 1.29 is 14.3 Å². The molecule has 3 heteroatoms. The summed E-state index contributed by atoms with van der Waals surface area (Å²) >= 11 is 0. The highest BCUT2D eigenvalue weighted by Crippen LogP contribution is 2.17. The Kier molecular flexibility index (Phi) is 2.69. The van der Waals surface area contributed by atoms with Gasteiger partial charge < -0.3 is 9.47 Å². The minimum Gasteiger partial charge on any atom is -0.497 e. The molecule has 0 aliphatic heterocycles. The number of rotatable bonds is 2. The van der Waals surface area contributed by atoms with E-state index in [1.54, 1.807) is 25.3 Å². The van der Waals surface area contributed by atoms with E-state index >= 15 is 0 Å². The van der Waals surface area contributed by atoms with E-state index < -0.39 is 0 Å². The van der Waals surface area contributed by atoms with Crippen LogP contribution in [0, 0.1) is 6.07 Å². The number of benzene rings is 1. The number of methoxy groups -OCH3 is 1. The van der Waals surface area contributed by atoms with Gasteiger partial charge in [0.25, 0.3) is 0 Å². The maximum absolute atomic E-state index is 10.5. The van der Waals surface area contributed by atoms with Crippen LogP contribution in [0.25, 0.3) is 0 Å². The van der Waals surface area contributed by atoms with E-state index in [9.17, 15) is 4.79 Å². The summed E-state index contributed by atoms with van der Waals surface area (Å²) < 4.78 is 9.71. The number of carbonyl (C=O) groups excluding carboxylic acids is 1. The second-order valence-corrected chi connectivity index (χ2v) is 2.19. The molecule has 0 aliphatic rings. The van der Waals surface area contributed by atoms with Gasteiger partial charge in [-0.2, -0.15) is 0 Å². The maximum Gasteiger partial charge on any atom is 0.308 e. The predicted octanol–water partition coefficient (Wildman–Crippen LogP) is 1.42. The fourth-order valence-electron chi connectivity index (χ4n) is 0.766. The van der Waals surface area contributed by atoms with Crippen molar-refractivity contribution in [3.8, 4) is 11.5 Å². The Morgan fingerprint density at radius 3 is 2.92 bits per heavy atom. The highest BCUT2D eigenvalue weighted by atomic mass is 16.5. The van der Waals surface area contributed by atoms with Crippen molar-refractivity contribution >= 4 is 5.97 Å². The van der Waals surface area contributed by atoms with Gasteiger partial charge in [0, 0.05) is 19.1 Å². The topological polar surface area (TPSA) is 35.5 Å². The van der Waals surface area contributed by atoms with Gasteiger partial charge in [0.05, 0.1) is 7.11 Å². The molecule has 12 heavy (non-hydrogen) atoms. The Balaban J connectivity index is 2.79. The fourth-order valence-corrected chi connectivity index (χ4v) is 0.766. The van der Waals surface area contributed by atoms with Gasteiger partial charge in [-0.05, 0) is 12.1 Å². The number of hydrogen-bond acceptors (Lipinski definition) is 3. The number of carbonyl (C=O) groups is 1. The molecule has 63 valence electrons. The monoisotopic (exact) mass is 165 g/mol. The molecule has 0 aromatic heterocycles. The minimum atomic E-state index is -0.362. The molecule has 0 saturated heterocycles.